The molecule has 3 aromatic rings. The Morgan fingerprint density at radius 2 is 1.65 bits per heavy atom. The number of phenolic OH excluding ortho intramolecular Hbond substituents is 1. The van der Waals surface area contributed by atoms with Gasteiger partial charge in [-0.15, -0.1) is 0 Å². The minimum atomic E-state index is -4.25. The van der Waals surface area contributed by atoms with Crippen LogP contribution in [0.15, 0.2) is 81.0 Å². The molecule has 0 saturated heterocycles. The molecule has 31 heavy (non-hydrogen) atoms. The molecule has 0 heterocycles. The number of nitro benzene ring substituents is 1. The van der Waals surface area contributed by atoms with Crippen LogP contribution in [0.4, 0.5) is 5.69 Å². The lowest BCUT2D eigenvalue weighted by Gasteiger charge is -2.10. The number of ketones is 1. The van der Waals surface area contributed by atoms with Crippen molar-refractivity contribution in [1.82, 2.24) is 0 Å². The number of rotatable bonds is 6. The molecule has 0 aliphatic heterocycles. The van der Waals surface area contributed by atoms with Gasteiger partial charge in [0, 0.05) is 19.7 Å². The molecule has 7 nitrogen and oxygen atoms in total. The predicted octanol–water partition coefficient (Wildman–Crippen LogP) is 5.37. The molecule has 0 aliphatic rings. The number of hydrogen-bond acceptors (Lipinski definition) is 6. The maximum atomic E-state index is 13.3. The number of nitrogens with zero attached hydrogens (tertiary/aromatic N) is 1. The maximum absolute atomic E-state index is 13.3. The normalized spacial score (nSPS) is 11.9. The number of carbonyl (C=O) groups is 1. The van der Waals surface area contributed by atoms with E-state index in [0.717, 1.165) is 21.8 Å². The fourth-order valence-electron chi connectivity index (χ4n) is 2.68. The van der Waals surface area contributed by atoms with Gasteiger partial charge >= 0.3 is 5.69 Å². The topological polar surface area (TPSA) is 115 Å². The average molecular weight is 614 g/mol. The van der Waals surface area contributed by atoms with Crippen molar-refractivity contribution in [1.29, 1.82) is 0 Å². The van der Waals surface area contributed by atoms with E-state index in [9.17, 15) is 28.4 Å². The standard InChI is InChI=1S/C21H13BrINO6S/c22-15-4-2-14(3-5-15)21(26)20(31(29,30)17-8-6-16(23)7-9-17)12-13-1-10-19(25)18(11-13)24(27)28/h1-12,25H/b20-12+. The van der Waals surface area contributed by atoms with E-state index in [-0.39, 0.29) is 16.0 Å². The molecule has 158 valence electrons. The number of Topliss-reactive ketones (excluding diaryl/α,β-unsaturated/α-hetero) is 1. The molecule has 0 fully saturated rings. The van der Waals surface area contributed by atoms with Crippen molar-refractivity contribution in [2.45, 2.75) is 4.90 Å². The van der Waals surface area contributed by atoms with Gasteiger partial charge in [-0.25, -0.2) is 8.42 Å². The number of nitro groups is 1. The second kappa shape index (κ2) is 9.28. The number of benzene rings is 3. The molecule has 0 radical (unpaired) electrons. The van der Waals surface area contributed by atoms with Gasteiger partial charge in [0.05, 0.1) is 9.82 Å². The van der Waals surface area contributed by atoms with Crippen LogP contribution in [-0.2, 0) is 9.84 Å². The maximum Gasteiger partial charge on any atom is 0.311 e. The van der Waals surface area contributed by atoms with Gasteiger partial charge in [-0.1, -0.05) is 22.0 Å². The van der Waals surface area contributed by atoms with Crippen molar-refractivity contribution in [3.05, 3.63) is 101 Å². The Balaban J connectivity index is 2.21. The lowest BCUT2D eigenvalue weighted by molar-refractivity contribution is -0.385. The molecule has 0 saturated carbocycles. The van der Waals surface area contributed by atoms with Crippen LogP contribution < -0.4 is 0 Å². The first-order chi connectivity index (χ1) is 14.6. The summed E-state index contributed by atoms with van der Waals surface area (Å²) < 4.78 is 28.2. The van der Waals surface area contributed by atoms with Crippen LogP contribution in [-0.4, -0.2) is 24.2 Å². The van der Waals surface area contributed by atoms with Crippen LogP contribution in [0, 0.1) is 13.7 Å². The van der Waals surface area contributed by atoms with E-state index in [1.54, 1.807) is 24.3 Å². The predicted molar refractivity (Wildman–Crippen MR) is 128 cm³/mol. The average Bonchev–Trinajstić information content (AvgIpc) is 2.73. The lowest BCUT2D eigenvalue weighted by atomic mass is 10.1. The third-order valence-electron chi connectivity index (χ3n) is 4.24. The van der Waals surface area contributed by atoms with Crippen LogP contribution in [0.25, 0.3) is 6.08 Å². The monoisotopic (exact) mass is 613 g/mol. The molecule has 0 amide bonds. The molecule has 0 spiro atoms. The zero-order valence-corrected chi connectivity index (χ0v) is 20.1. The SMILES string of the molecule is O=C(/C(=C\c1ccc(O)c([N+](=O)[O-])c1)S(=O)(=O)c1ccc(I)cc1)c1ccc(Br)cc1. The molecular weight excluding hydrogens is 601 g/mol. The zero-order valence-electron chi connectivity index (χ0n) is 15.5. The molecule has 0 aromatic heterocycles. The number of hydrogen-bond donors (Lipinski definition) is 1. The van der Waals surface area contributed by atoms with Gasteiger partial charge in [0.15, 0.2) is 5.75 Å². The minimum Gasteiger partial charge on any atom is -0.502 e. The van der Waals surface area contributed by atoms with E-state index in [1.165, 1.54) is 30.3 Å². The van der Waals surface area contributed by atoms with Crippen molar-refractivity contribution in [2.75, 3.05) is 0 Å². The highest BCUT2D eigenvalue weighted by atomic mass is 127. The Kier molecular flexibility index (Phi) is 6.92. The number of aromatic hydroxyl groups is 1. The van der Waals surface area contributed by atoms with Crippen molar-refractivity contribution in [2.24, 2.45) is 0 Å². The fourth-order valence-corrected chi connectivity index (χ4v) is 4.70. The van der Waals surface area contributed by atoms with Crippen LogP contribution in [0.2, 0.25) is 0 Å². The van der Waals surface area contributed by atoms with Crippen molar-refractivity contribution < 1.29 is 23.2 Å². The van der Waals surface area contributed by atoms with Gasteiger partial charge in [-0.2, -0.15) is 0 Å². The van der Waals surface area contributed by atoms with E-state index < -0.39 is 36.9 Å². The van der Waals surface area contributed by atoms with Crippen LogP contribution >= 0.6 is 38.5 Å². The molecule has 1 N–H and O–H groups in total. The second-order valence-corrected chi connectivity index (χ2v) is 10.4. The van der Waals surface area contributed by atoms with E-state index in [0.29, 0.717) is 4.47 Å². The van der Waals surface area contributed by atoms with Gasteiger partial charge in [0.25, 0.3) is 0 Å². The van der Waals surface area contributed by atoms with Gasteiger partial charge in [-0.3, -0.25) is 14.9 Å². The van der Waals surface area contributed by atoms with Crippen molar-refractivity contribution in [3.8, 4) is 5.75 Å². The number of carbonyl (C=O) groups excluding carboxylic acids is 1. The first-order valence-corrected chi connectivity index (χ1v) is 11.9. The highest BCUT2D eigenvalue weighted by Crippen LogP contribution is 2.30. The van der Waals surface area contributed by atoms with E-state index in [2.05, 4.69) is 15.9 Å². The third kappa shape index (κ3) is 5.20. The Bertz CT molecular complexity index is 1300. The Morgan fingerprint density at radius 1 is 1.03 bits per heavy atom. The molecule has 10 heteroatoms. The van der Waals surface area contributed by atoms with Gasteiger partial charge in [-0.05, 0) is 88.8 Å². The van der Waals surface area contributed by atoms with Crippen molar-refractivity contribution >= 4 is 65.9 Å². The summed E-state index contributed by atoms with van der Waals surface area (Å²) >= 11 is 5.29. The Labute approximate surface area is 199 Å². The van der Waals surface area contributed by atoms with E-state index >= 15 is 0 Å². The molecule has 0 bridgehead atoms. The van der Waals surface area contributed by atoms with E-state index in [4.69, 9.17) is 0 Å². The lowest BCUT2D eigenvalue weighted by Crippen LogP contribution is -2.14. The molecule has 3 rings (SSSR count). The molecule has 0 aliphatic carbocycles. The highest BCUT2D eigenvalue weighted by molar-refractivity contribution is 14.1. The van der Waals surface area contributed by atoms with Crippen molar-refractivity contribution in [3.63, 3.8) is 0 Å². The molecular formula is C21H13BrINO6S. The molecule has 3 aromatic carbocycles. The van der Waals surface area contributed by atoms with E-state index in [1.807, 2.05) is 22.6 Å². The first kappa shape index (κ1) is 23.1. The molecule has 0 atom stereocenters. The number of halogens is 2. The quantitative estimate of drug-likeness (QED) is 0.131. The fraction of sp³-hybridized carbons (Fsp3) is 0. The summed E-state index contributed by atoms with van der Waals surface area (Å²) in [5.41, 5.74) is -0.383. The third-order valence-corrected chi connectivity index (χ3v) is 7.26. The number of phenols is 1. The summed E-state index contributed by atoms with van der Waals surface area (Å²) in [4.78, 5) is 22.9. The Hall–Kier alpha value is -2.57. The summed E-state index contributed by atoms with van der Waals surface area (Å²) in [6.45, 7) is 0. The van der Waals surface area contributed by atoms with Gasteiger partial charge in [0.2, 0.25) is 15.6 Å². The van der Waals surface area contributed by atoms with Crippen LogP contribution in [0.5, 0.6) is 5.75 Å². The van der Waals surface area contributed by atoms with Gasteiger partial charge in [0.1, 0.15) is 4.91 Å². The summed E-state index contributed by atoms with van der Waals surface area (Å²) in [5.74, 6) is -1.33. The number of sulfone groups is 1. The number of allylic oxidation sites excluding steroid dienone is 1. The largest absolute Gasteiger partial charge is 0.502 e. The molecule has 0 unspecified atom stereocenters. The smallest absolute Gasteiger partial charge is 0.311 e. The Morgan fingerprint density at radius 3 is 2.23 bits per heavy atom. The minimum absolute atomic E-state index is 0.0825. The first-order valence-electron chi connectivity index (χ1n) is 8.59. The highest BCUT2D eigenvalue weighted by Gasteiger charge is 2.28. The van der Waals surface area contributed by atoms with Gasteiger partial charge < -0.3 is 5.11 Å². The zero-order chi connectivity index (χ0) is 22.8. The summed E-state index contributed by atoms with van der Waals surface area (Å²) in [6.07, 6.45) is 1.07. The summed E-state index contributed by atoms with van der Waals surface area (Å²) in [6, 6.07) is 15.5. The summed E-state index contributed by atoms with van der Waals surface area (Å²) in [5, 5.41) is 20.8. The van der Waals surface area contributed by atoms with Crippen LogP contribution in [0.1, 0.15) is 15.9 Å². The summed E-state index contributed by atoms with van der Waals surface area (Å²) in [7, 11) is -4.25. The second-order valence-electron chi connectivity index (χ2n) is 6.31. The van der Waals surface area contributed by atoms with Crippen LogP contribution in [0.3, 0.4) is 0 Å².